The van der Waals surface area contributed by atoms with Crippen LogP contribution in [0, 0.1) is 11.8 Å². The molecule has 0 aromatic carbocycles. The van der Waals surface area contributed by atoms with Crippen molar-refractivity contribution in [1.29, 1.82) is 0 Å². The Labute approximate surface area is 116 Å². The summed E-state index contributed by atoms with van der Waals surface area (Å²) in [5.41, 5.74) is 0. The first-order valence-electron chi connectivity index (χ1n) is 7.11. The van der Waals surface area contributed by atoms with Crippen molar-refractivity contribution in [3.8, 4) is 0 Å². The van der Waals surface area contributed by atoms with E-state index in [0.29, 0.717) is 12.3 Å². The van der Waals surface area contributed by atoms with Crippen molar-refractivity contribution in [2.75, 3.05) is 0 Å². The number of hydrogen-bond acceptors (Lipinski definition) is 2. The molecule has 0 fully saturated rings. The zero-order valence-electron chi connectivity index (χ0n) is 12.7. The molecule has 0 rings (SSSR count). The summed E-state index contributed by atoms with van der Waals surface area (Å²) in [5.74, 6) is -0.351. The van der Waals surface area contributed by atoms with Crippen LogP contribution in [-0.2, 0) is 4.79 Å². The molecular formula is C14H28N2O3. The Morgan fingerprint density at radius 3 is 1.95 bits per heavy atom. The molecule has 0 saturated heterocycles. The molecule has 19 heavy (non-hydrogen) atoms. The molecule has 5 nitrogen and oxygen atoms in total. The van der Waals surface area contributed by atoms with Crippen molar-refractivity contribution in [1.82, 2.24) is 10.6 Å². The molecule has 2 amide bonds. The van der Waals surface area contributed by atoms with E-state index < -0.39 is 18.0 Å². The second-order valence-corrected chi connectivity index (χ2v) is 5.50. The van der Waals surface area contributed by atoms with Gasteiger partial charge in [-0.15, -0.1) is 0 Å². The zero-order valence-corrected chi connectivity index (χ0v) is 12.7. The number of nitrogens with one attached hydrogen (secondary N) is 2. The van der Waals surface area contributed by atoms with E-state index in [-0.39, 0.29) is 12.0 Å². The highest BCUT2D eigenvalue weighted by atomic mass is 16.4. The zero-order chi connectivity index (χ0) is 15.0. The first-order valence-corrected chi connectivity index (χ1v) is 7.11. The van der Waals surface area contributed by atoms with Crippen molar-refractivity contribution >= 4 is 12.0 Å². The topological polar surface area (TPSA) is 78.4 Å². The Morgan fingerprint density at radius 1 is 1.05 bits per heavy atom. The van der Waals surface area contributed by atoms with Crippen LogP contribution in [0.5, 0.6) is 0 Å². The molecule has 0 aliphatic heterocycles. The number of carboxylic acid groups (broad SMARTS) is 1. The Hall–Kier alpha value is -1.26. The molecule has 0 aliphatic rings. The van der Waals surface area contributed by atoms with Crippen LogP contribution in [0.1, 0.15) is 53.9 Å². The van der Waals surface area contributed by atoms with Gasteiger partial charge in [-0.05, 0) is 25.2 Å². The molecule has 2 atom stereocenters. The van der Waals surface area contributed by atoms with Gasteiger partial charge >= 0.3 is 12.0 Å². The van der Waals surface area contributed by atoms with E-state index in [1.54, 1.807) is 0 Å². The van der Waals surface area contributed by atoms with E-state index in [9.17, 15) is 9.59 Å². The number of amides is 2. The second kappa shape index (κ2) is 8.77. The molecule has 0 aromatic rings. The van der Waals surface area contributed by atoms with Gasteiger partial charge in [0, 0.05) is 6.04 Å². The number of hydrogen-bond donors (Lipinski definition) is 3. The lowest BCUT2D eigenvalue weighted by atomic mass is 9.96. The molecule has 0 aliphatic carbocycles. The van der Waals surface area contributed by atoms with Crippen LogP contribution in [0.15, 0.2) is 0 Å². The van der Waals surface area contributed by atoms with Crippen LogP contribution >= 0.6 is 0 Å². The number of aliphatic carboxylic acids is 1. The summed E-state index contributed by atoms with van der Waals surface area (Å²) in [5, 5.41) is 14.4. The first-order chi connectivity index (χ1) is 8.81. The lowest BCUT2D eigenvalue weighted by molar-refractivity contribution is -0.139. The first kappa shape index (κ1) is 17.7. The van der Waals surface area contributed by atoms with Gasteiger partial charge < -0.3 is 15.7 Å². The van der Waals surface area contributed by atoms with Crippen LogP contribution in [0.4, 0.5) is 4.79 Å². The smallest absolute Gasteiger partial charge is 0.326 e. The van der Waals surface area contributed by atoms with Gasteiger partial charge in [0.2, 0.25) is 0 Å². The summed E-state index contributed by atoms with van der Waals surface area (Å²) >= 11 is 0. The summed E-state index contributed by atoms with van der Waals surface area (Å²) in [6.07, 6.45) is 2.42. The molecular weight excluding hydrogens is 244 g/mol. The van der Waals surface area contributed by atoms with Gasteiger partial charge in [-0.1, -0.05) is 40.5 Å². The van der Waals surface area contributed by atoms with Crippen molar-refractivity contribution in [3.63, 3.8) is 0 Å². The molecule has 0 saturated carbocycles. The number of carboxylic acids is 1. The molecule has 5 heteroatoms. The molecule has 0 aromatic heterocycles. The third kappa shape index (κ3) is 7.03. The highest BCUT2D eigenvalue weighted by Gasteiger charge is 2.22. The predicted molar refractivity (Wildman–Crippen MR) is 76.1 cm³/mol. The van der Waals surface area contributed by atoms with Crippen LogP contribution in [0.3, 0.4) is 0 Å². The van der Waals surface area contributed by atoms with E-state index in [2.05, 4.69) is 24.5 Å². The average molecular weight is 272 g/mol. The summed E-state index contributed by atoms with van der Waals surface area (Å²) < 4.78 is 0. The van der Waals surface area contributed by atoms with Crippen molar-refractivity contribution in [2.45, 2.75) is 66.0 Å². The highest BCUT2D eigenvalue weighted by molar-refractivity contribution is 5.82. The highest BCUT2D eigenvalue weighted by Crippen LogP contribution is 2.12. The maximum atomic E-state index is 11.8. The van der Waals surface area contributed by atoms with Crippen LogP contribution in [0.2, 0.25) is 0 Å². The fourth-order valence-electron chi connectivity index (χ4n) is 2.21. The lowest BCUT2D eigenvalue weighted by Crippen LogP contribution is -2.50. The van der Waals surface area contributed by atoms with E-state index in [4.69, 9.17) is 5.11 Å². The normalized spacial score (nSPS) is 14.3. The summed E-state index contributed by atoms with van der Waals surface area (Å²) in [6, 6.07) is -1.18. The standard InChI is InChI=1S/C14H28N2O3/c1-6-11(7-2)10(5)15-14(19)16-12(13(17)18)8-9(3)4/h9-12H,6-8H2,1-5H3,(H,17,18)(H2,15,16,19)/t10?,12-/m1/s1. The van der Waals surface area contributed by atoms with Gasteiger partial charge in [-0.25, -0.2) is 9.59 Å². The average Bonchev–Trinajstić information content (AvgIpc) is 2.28. The van der Waals surface area contributed by atoms with Crippen molar-refractivity contribution in [3.05, 3.63) is 0 Å². The van der Waals surface area contributed by atoms with Gasteiger partial charge in [0.25, 0.3) is 0 Å². The Bertz CT molecular complexity index is 288. The summed E-state index contributed by atoms with van der Waals surface area (Å²) in [7, 11) is 0. The van der Waals surface area contributed by atoms with E-state index in [1.807, 2.05) is 20.8 Å². The number of rotatable bonds is 8. The molecule has 112 valence electrons. The van der Waals surface area contributed by atoms with Crippen LogP contribution in [-0.4, -0.2) is 29.2 Å². The van der Waals surface area contributed by atoms with E-state index in [0.717, 1.165) is 12.8 Å². The van der Waals surface area contributed by atoms with Gasteiger partial charge in [0.05, 0.1) is 0 Å². The molecule has 0 radical (unpaired) electrons. The quantitative estimate of drug-likeness (QED) is 0.635. The van der Waals surface area contributed by atoms with Crippen LogP contribution in [0.25, 0.3) is 0 Å². The van der Waals surface area contributed by atoms with Gasteiger partial charge in [-0.3, -0.25) is 0 Å². The minimum atomic E-state index is -0.987. The molecule has 0 heterocycles. The third-order valence-corrected chi connectivity index (χ3v) is 3.43. The monoisotopic (exact) mass is 272 g/mol. The Morgan fingerprint density at radius 2 is 1.58 bits per heavy atom. The fraction of sp³-hybridized carbons (Fsp3) is 0.857. The minimum Gasteiger partial charge on any atom is -0.480 e. The Kier molecular flexibility index (Phi) is 8.19. The predicted octanol–water partition coefficient (Wildman–Crippen LogP) is 2.61. The van der Waals surface area contributed by atoms with E-state index >= 15 is 0 Å². The van der Waals surface area contributed by atoms with Gasteiger partial charge in [0.15, 0.2) is 0 Å². The van der Waals surface area contributed by atoms with Gasteiger partial charge in [0.1, 0.15) is 6.04 Å². The second-order valence-electron chi connectivity index (χ2n) is 5.50. The molecule has 0 spiro atoms. The van der Waals surface area contributed by atoms with Crippen molar-refractivity contribution < 1.29 is 14.7 Å². The number of carbonyl (C=O) groups excluding carboxylic acids is 1. The minimum absolute atomic E-state index is 0.0449. The largest absolute Gasteiger partial charge is 0.480 e. The maximum Gasteiger partial charge on any atom is 0.326 e. The molecule has 0 bridgehead atoms. The number of urea groups is 1. The summed E-state index contributed by atoms with van der Waals surface area (Å²) in [6.45, 7) is 9.99. The lowest BCUT2D eigenvalue weighted by Gasteiger charge is -2.24. The van der Waals surface area contributed by atoms with Gasteiger partial charge in [-0.2, -0.15) is 0 Å². The van der Waals surface area contributed by atoms with E-state index in [1.165, 1.54) is 0 Å². The summed E-state index contributed by atoms with van der Waals surface area (Å²) in [4.78, 5) is 22.9. The Balaban J connectivity index is 4.37. The fourth-order valence-corrected chi connectivity index (χ4v) is 2.21. The van der Waals surface area contributed by atoms with Crippen molar-refractivity contribution in [2.24, 2.45) is 11.8 Å². The SMILES string of the molecule is CCC(CC)C(C)NC(=O)N[C@H](CC(C)C)C(=O)O. The molecule has 3 N–H and O–H groups in total. The number of carbonyl (C=O) groups is 2. The maximum absolute atomic E-state index is 11.8. The third-order valence-electron chi connectivity index (χ3n) is 3.43. The molecule has 1 unspecified atom stereocenters. The van der Waals surface area contributed by atoms with Crippen LogP contribution < -0.4 is 10.6 Å².